The van der Waals surface area contributed by atoms with Gasteiger partial charge in [-0.05, 0) is 70.5 Å². The Labute approximate surface area is 241 Å². The van der Waals surface area contributed by atoms with Crippen LogP contribution in [-0.4, -0.2) is 53.5 Å². The van der Waals surface area contributed by atoms with E-state index < -0.39 is 10.0 Å². The Bertz CT molecular complexity index is 1380. The summed E-state index contributed by atoms with van der Waals surface area (Å²) in [5.41, 5.74) is 2.57. The van der Waals surface area contributed by atoms with Crippen molar-refractivity contribution in [2.24, 2.45) is 5.92 Å². The maximum atomic E-state index is 11.3. The normalized spacial score (nSPS) is 16.8. The number of carbonyl (C=O) groups is 2. The van der Waals surface area contributed by atoms with Crippen molar-refractivity contribution in [1.29, 1.82) is 0 Å². The number of hydrogen-bond donors (Lipinski definition) is 2. The maximum Gasteiger partial charge on any atom is 0.242 e. The van der Waals surface area contributed by atoms with Crippen molar-refractivity contribution in [2.75, 3.05) is 0 Å². The number of para-hydroxylation sites is 2. The first-order valence-electron chi connectivity index (χ1n) is 13.7. The van der Waals surface area contributed by atoms with Crippen molar-refractivity contribution < 1.29 is 22.7 Å². The zero-order chi connectivity index (χ0) is 29.4. The minimum absolute atomic E-state index is 0.00370. The topological polar surface area (TPSA) is 127 Å². The minimum atomic E-state index is -2.94. The highest BCUT2D eigenvalue weighted by Crippen LogP contribution is 2.32. The molecule has 1 aliphatic carbocycles. The van der Waals surface area contributed by atoms with Crippen LogP contribution in [0.4, 0.5) is 0 Å². The number of amides is 1. The van der Waals surface area contributed by atoms with Crippen molar-refractivity contribution in [3.63, 3.8) is 0 Å². The molecule has 1 saturated heterocycles. The summed E-state index contributed by atoms with van der Waals surface area (Å²) >= 11 is 1.64. The van der Waals surface area contributed by atoms with Crippen LogP contribution in [0.25, 0.3) is 21.6 Å². The number of fused-ring (bicyclic) bond motifs is 1. The Kier molecular flexibility index (Phi) is 11.2. The zero-order valence-electron chi connectivity index (χ0n) is 24.0. The number of ether oxygens (including phenoxy) is 1. The first-order valence-corrected chi connectivity index (χ1v) is 16.1. The molecule has 0 unspecified atom stereocenters. The first kappa shape index (κ1) is 31.6. The standard InChI is InChI=1S/C15H14N2OS.C8H13NO2.C6H13NO2S/c1-10(2)18-15-14(13-8-5-9-19-13)16-11-6-3-4-7-12(11)17-15;1-5(2)8(11)6-3-4-7(10)9-6;1-5(2)7-10(8,9)6-3-4-6/h3-10H,1-2H3;5-6H,3-4H2,1-2H3,(H,9,10);5-7H,3-4H2,1-2H3/t;6-;/m.0./s1. The van der Waals surface area contributed by atoms with Crippen LogP contribution in [0.3, 0.4) is 0 Å². The smallest absolute Gasteiger partial charge is 0.242 e. The second-order valence-electron chi connectivity index (χ2n) is 10.7. The summed E-state index contributed by atoms with van der Waals surface area (Å²) in [4.78, 5) is 32.4. The Balaban J connectivity index is 0.000000180. The van der Waals surface area contributed by atoms with Gasteiger partial charge in [0.15, 0.2) is 5.78 Å². The number of sulfonamides is 1. The Morgan fingerprint density at radius 1 is 1.00 bits per heavy atom. The molecular weight excluding hydrogens is 548 g/mol. The van der Waals surface area contributed by atoms with Crippen LogP contribution >= 0.6 is 11.3 Å². The van der Waals surface area contributed by atoms with Crippen LogP contribution in [0.1, 0.15) is 67.2 Å². The fraction of sp³-hybridized carbons (Fsp3) is 0.517. The molecule has 2 aliphatic rings. The van der Waals surface area contributed by atoms with Crippen LogP contribution in [0.15, 0.2) is 41.8 Å². The highest BCUT2D eigenvalue weighted by molar-refractivity contribution is 7.90. The number of carbonyl (C=O) groups excluding carboxylic acids is 2. The molecule has 3 heterocycles. The number of rotatable bonds is 8. The lowest BCUT2D eigenvalue weighted by molar-refractivity contribution is -0.126. The van der Waals surface area contributed by atoms with Gasteiger partial charge in [-0.25, -0.2) is 23.1 Å². The van der Waals surface area contributed by atoms with Crippen LogP contribution in [0.5, 0.6) is 5.88 Å². The quantitative estimate of drug-likeness (QED) is 0.374. The van der Waals surface area contributed by atoms with Gasteiger partial charge < -0.3 is 10.1 Å². The molecule has 5 rings (SSSR count). The molecule has 9 nitrogen and oxygen atoms in total. The van der Waals surface area contributed by atoms with Crippen molar-refractivity contribution in [3.05, 3.63) is 41.8 Å². The molecule has 1 aliphatic heterocycles. The molecule has 1 amide bonds. The van der Waals surface area contributed by atoms with Crippen LogP contribution in [0.2, 0.25) is 0 Å². The van der Waals surface area contributed by atoms with Gasteiger partial charge in [0, 0.05) is 18.4 Å². The van der Waals surface area contributed by atoms with E-state index in [9.17, 15) is 18.0 Å². The first-order chi connectivity index (χ1) is 18.9. The van der Waals surface area contributed by atoms with E-state index in [0.29, 0.717) is 18.7 Å². The predicted molar refractivity (Wildman–Crippen MR) is 160 cm³/mol. The lowest BCUT2D eigenvalue weighted by Crippen LogP contribution is -2.35. The summed E-state index contributed by atoms with van der Waals surface area (Å²) < 4.78 is 30.5. The number of ketones is 1. The molecule has 0 bridgehead atoms. The molecule has 2 fully saturated rings. The monoisotopic (exact) mass is 588 g/mol. The third-order valence-electron chi connectivity index (χ3n) is 5.91. The maximum absolute atomic E-state index is 11.3. The average Bonchev–Trinajstić information content (AvgIpc) is 3.45. The number of aromatic nitrogens is 2. The molecule has 40 heavy (non-hydrogen) atoms. The van der Waals surface area contributed by atoms with Gasteiger partial charge in [-0.3, -0.25) is 9.59 Å². The van der Waals surface area contributed by atoms with E-state index in [0.717, 1.165) is 34.4 Å². The van der Waals surface area contributed by atoms with Gasteiger partial charge >= 0.3 is 0 Å². The fourth-order valence-corrected chi connectivity index (χ4v) is 6.21. The molecule has 1 atom stereocenters. The summed E-state index contributed by atoms with van der Waals surface area (Å²) in [5.74, 6) is 0.786. The summed E-state index contributed by atoms with van der Waals surface area (Å²) in [6, 6.07) is 11.7. The molecule has 0 spiro atoms. The third-order valence-corrected chi connectivity index (χ3v) is 8.94. The molecule has 3 aromatic rings. The van der Waals surface area contributed by atoms with Crippen LogP contribution in [0, 0.1) is 5.92 Å². The lowest BCUT2D eigenvalue weighted by atomic mass is 10.0. The Morgan fingerprint density at radius 2 is 1.65 bits per heavy atom. The van der Waals surface area contributed by atoms with Crippen molar-refractivity contribution in [2.45, 2.75) is 90.7 Å². The molecule has 2 aromatic heterocycles. The number of Topliss-reactive ketones (excluding diaryl/α,β-unsaturated/α-hetero) is 1. The van der Waals surface area contributed by atoms with E-state index in [-0.39, 0.29) is 41.0 Å². The number of thiophene rings is 1. The second kappa shape index (κ2) is 14.1. The molecule has 2 N–H and O–H groups in total. The van der Waals surface area contributed by atoms with Crippen molar-refractivity contribution >= 4 is 44.1 Å². The predicted octanol–water partition coefficient (Wildman–Crippen LogP) is 5.11. The summed E-state index contributed by atoms with van der Waals surface area (Å²) in [5, 5.41) is 4.59. The van der Waals surface area contributed by atoms with E-state index in [1.807, 2.05) is 83.3 Å². The van der Waals surface area contributed by atoms with Crippen LogP contribution < -0.4 is 14.8 Å². The van der Waals surface area contributed by atoms with Crippen LogP contribution in [-0.2, 0) is 19.6 Å². The number of nitrogens with zero attached hydrogens (tertiary/aromatic N) is 2. The highest BCUT2D eigenvalue weighted by atomic mass is 32.2. The van der Waals surface area contributed by atoms with E-state index in [1.165, 1.54) is 0 Å². The van der Waals surface area contributed by atoms with Gasteiger partial charge in [-0.15, -0.1) is 11.3 Å². The zero-order valence-corrected chi connectivity index (χ0v) is 25.6. The number of benzene rings is 1. The number of nitrogens with one attached hydrogen (secondary N) is 2. The summed E-state index contributed by atoms with van der Waals surface area (Å²) in [7, 11) is -2.94. The van der Waals surface area contributed by atoms with Gasteiger partial charge in [0.2, 0.25) is 21.8 Å². The second-order valence-corrected chi connectivity index (χ2v) is 13.7. The minimum Gasteiger partial charge on any atom is -0.473 e. The van der Waals surface area contributed by atoms with Gasteiger partial charge in [0.25, 0.3) is 0 Å². The largest absolute Gasteiger partial charge is 0.473 e. The lowest BCUT2D eigenvalue weighted by Gasteiger charge is -2.12. The van der Waals surface area contributed by atoms with Gasteiger partial charge in [-0.1, -0.05) is 32.0 Å². The van der Waals surface area contributed by atoms with Crippen molar-refractivity contribution in [3.8, 4) is 16.5 Å². The molecule has 218 valence electrons. The van der Waals surface area contributed by atoms with Gasteiger partial charge in [0.05, 0.1) is 33.3 Å². The number of hydrogen-bond acceptors (Lipinski definition) is 8. The molecular formula is C29H40N4O5S2. The SMILES string of the molecule is CC(C)C(=O)[C@@H]1CCC(=O)N1.CC(C)NS(=O)(=O)C1CC1.CC(C)Oc1nc2ccccc2nc1-c1cccs1. The third kappa shape index (κ3) is 9.35. The average molecular weight is 589 g/mol. The molecule has 1 saturated carbocycles. The van der Waals surface area contributed by atoms with E-state index >= 15 is 0 Å². The molecule has 11 heteroatoms. The van der Waals surface area contributed by atoms with E-state index in [4.69, 9.17) is 9.72 Å². The fourth-order valence-electron chi connectivity index (χ4n) is 3.90. The Hall–Kier alpha value is -2.89. The van der Waals surface area contributed by atoms with E-state index in [2.05, 4.69) is 15.0 Å². The summed E-state index contributed by atoms with van der Waals surface area (Å²) in [6.45, 7) is 11.4. The molecule has 1 aromatic carbocycles. The van der Waals surface area contributed by atoms with Gasteiger partial charge in [0.1, 0.15) is 5.69 Å². The summed E-state index contributed by atoms with van der Waals surface area (Å²) in [6.07, 6.45) is 2.93. The van der Waals surface area contributed by atoms with E-state index in [1.54, 1.807) is 11.3 Å². The Morgan fingerprint density at radius 3 is 2.12 bits per heavy atom. The molecule has 0 radical (unpaired) electrons. The van der Waals surface area contributed by atoms with Gasteiger partial charge in [-0.2, -0.15) is 0 Å². The highest BCUT2D eigenvalue weighted by Gasteiger charge is 2.35. The van der Waals surface area contributed by atoms with Crippen molar-refractivity contribution in [1.82, 2.24) is 20.0 Å².